The van der Waals surface area contributed by atoms with Gasteiger partial charge in [-0.05, 0) is 24.3 Å². The Morgan fingerprint density at radius 2 is 1.86 bits per heavy atom. The van der Waals surface area contributed by atoms with Gasteiger partial charge in [0.15, 0.2) is 17.7 Å². The first-order valence-corrected chi connectivity index (χ1v) is 6.73. The molecule has 1 aliphatic rings. The normalized spacial score (nSPS) is 16.6. The van der Waals surface area contributed by atoms with Gasteiger partial charge in [-0.3, -0.25) is 9.36 Å². The van der Waals surface area contributed by atoms with E-state index in [1.54, 1.807) is 22.9 Å². The van der Waals surface area contributed by atoms with E-state index in [1.807, 2.05) is 48.7 Å². The average molecular weight is 276 g/mol. The first-order valence-electron chi connectivity index (χ1n) is 6.73. The molecule has 0 N–H and O–H groups in total. The van der Waals surface area contributed by atoms with E-state index in [0.29, 0.717) is 17.3 Å². The maximum absolute atomic E-state index is 12.8. The van der Waals surface area contributed by atoms with Crippen molar-refractivity contribution in [3.63, 3.8) is 0 Å². The highest BCUT2D eigenvalue weighted by molar-refractivity contribution is 6.00. The number of Topliss-reactive ketones (excluding diaryl/α,β-unsaturated/α-hetero) is 1. The first-order chi connectivity index (χ1) is 10.3. The number of benzene rings is 1. The molecule has 4 nitrogen and oxygen atoms in total. The molecule has 3 heterocycles. The summed E-state index contributed by atoms with van der Waals surface area (Å²) in [5, 5.41) is 0. The summed E-state index contributed by atoms with van der Waals surface area (Å²) in [4.78, 5) is 17.1. The van der Waals surface area contributed by atoms with E-state index in [4.69, 9.17) is 4.74 Å². The van der Waals surface area contributed by atoms with Gasteiger partial charge in [0.25, 0.3) is 0 Å². The van der Waals surface area contributed by atoms with Crippen molar-refractivity contribution in [3.8, 4) is 11.6 Å². The minimum absolute atomic E-state index is 0.0656. The fourth-order valence-electron chi connectivity index (χ4n) is 2.58. The highest BCUT2D eigenvalue weighted by Gasteiger charge is 2.31. The minimum atomic E-state index is -0.648. The Hall–Kier alpha value is -2.88. The monoisotopic (exact) mass is 276 g/mol. The molecule has 0 bridgehead atoms. The number of ether oxygens (including phenoxy) is 1. The third kappa shape index (κ3) is 1.84. The Labute approximate surface area is 121 Å². The third-order valence-electron chi connectivity index (χ3n) is 3.57. The largest absolute Gasteiger partial charge is 0.474 e. The third-order valence-corrected chi connectivity index (χ3v) is 3.57. The number of hydrogen-bond donors (Lipinski definition) is 0. The van der Waals surface area contributed by atoms with Crippen LogP contribution in [0.1, 0.15) is 22.2 Å². The molecule has 21 heavy (non-hydrogen) atoms. The van der Waals surface area contributed by atoms with Crippen LogP contribution >= 0.6 is 0 Å². The lowest BCUT2D eigenvalue weighted by molar-refractivity contribution is 0.0796. The average Bonchev–Trinajstić information content (AvgIpc) is 2.98. The molecule has 1 aliphatic heterocycles. The summed E-state index contributed by atoms with van der Waals surface area (Å²) in [7, 11) is 0. The number of hydrogen-bond acceptors (Lipinski definition) is 3. The van der Waals surface area contributed by atoms with Crippen molar-refractivity contribution in [1.82, 2.24) is 9.55 Å². The zero-order valence-corrected chi connectivity index (χ0v) is 11.1. The Balaban J connectivity index is 1.93. The van der Waals surface area contributed by atoms with E-state index in [1.165, 1.54) is 0 Å². The summed E-state index contributed by atoms with van der Waals surface area (Å²) in [6.07, 6.45) is 2.88. The Kier molecular flexibility index (Phi) is 2.60. The molecule has 0 fully saturated rings. The highest BCUT2D eigenvalue weighted by Crippen LogP contribution is 2.33. The van der Waals surface area contributed by atoms with Gasteiger partial charge in [-0.2, -0.15) is 0 Å². The van der Waals surface area contributed by atoms with Crippen LogP contribution in [0.25, 0.3) is 5.82 Å². The summed E-state index contributed by atoms with van der Waals surface area (Å²) in [6, 6.07) is 16.8. The van der Waals surface area contributed by atoms with E-state index < -0.39 is 6.10 Å². The zero-order chi connectivity index (χ0) is 14.2. The Morgan fingerprint density at radius 1 is 1.00 bits per heavy atom. The van der Waals surface area contributed by atoms with Gasteiger partial charge in [0.1, 0.15) is 0 Å². The van der Waals surface area contributed by atoms with Gasteiger partial charge < -0.3 is 4.74 Å². The second-order valence-electron chi connectivity index (χ2n) is 4.86. The number of aromatic nitrogens is 2. The Bertz CT molecular complexity index is 808. The fraction of sp³-hybridized carbons (Fsp3) is 0.0588. The number of rotatable bonds is 1. The van der Waals surface area contributed by atoms with Crippen LogP contribution in [-0.4, -0.2) is 15.3 Å². The lowest BCUT2D eigenvalue weighted by atomic mass is 10.0. The molecule has 1 atom stereocenters. The van der Waals surface area contributed by atoms with Crippen molar-refractivity contribution in [1.29, 1.82) is 0 Å². The summed E-state index contributed by atoms with van der Waals surface area (Å²) in [6.45, 7) is 0. The van der Waals surface area contributed by atoms with Crippen LogP contribution in [0.2, 0.25) is 0 Å². The summed E-state index contributed by atoms with van der Waals surface area (Å²) in [5.41, 5.74) is 1.42. The topological polar surface area (TPSA) is 44.1 Å². The molecule has 0 unspecified atom stereocenters. The van der Waals surface area contributed by atoms with Crippen molar-refractivity contribution in [3.05, 3.63) is 78.2 Å². The van der Waals surface area contributed by atoms with E-state index in [0.717, 1.165) is 5.56 Å². The van der Waals surface area contributed by atoms with Crippen molar-refractivity contribution in [2.45, 2.75) is 6.10 Å². The van der Waals surface area contributed by atoms with E-state index in [9.17, 15) is 4.79 Å². The van der Waals surface area contributed by atoms with E-state index in [-0.39, 0.29) is 5.78 Å². The van der Waals surface area contributed by atoms with Crippen molar-refractivity contribution in [2.75, 3.05) is 0 Å². The number of ketones is 1. The predicted molar refractivity (Wildman–Crippen MR) is 77.7 cm³/mol. The van der Waals surface area contributed by atoms with Gasteiger partial charge >= 0.3 is 0 Å². The number of nitrogens with zero attached hydrogens (tertiary/aromatic N) is 2. The van der Waals surface area contributed by atoms with Crippen LogP contribution in [0.4, 0.5) is 0 Å². The van der Waals surface area contributed by atoms with Crippen molar-refractivity contribution < 1.29 is 9.53 Å². The number of pyridine rings is 1. The van der Waals surface area contributed by atoms with Crippen LogP contribution in [0, 0.1) is 0 Å². The molecule has 4 heteroatoms. The molecule has 2 aromatic heterocycles. The number of fused-ring (bicyclic) bond motifs is 3. The molecule has 4 rings (SSSR count). The highest BCUT2D eigenvalue weighted by atomic mass is 16.5. The first kappa shape index (κ1) is 11.9. The second-order valence-corrected chi connectivity index (χ2v) is 4.86. The van der Waals surface area contributed by atoms with Crippen LogP contribution in [0.5, 0.6) is 5.75 Å². The molecule has 0 amide bonds. The van der Waals surface area contributed by atoms with Gasteiger partial charge in [-0.15, -0.1) is 0 Å². The molecule has 3 aromatic rings. The van der Waals surface area contributed by atoms with E-state index >= 15 is 0 Å². The Morgan fingerprint density at radius 3 is 2.71 bits per heavy atom. The molecular weight excluding hydrogens is 264 g/mol. The quantitative estimate of drug-likeness (QED) is 0.685. The smallest absolute Gasteiger partial charge is 0.224 e. The predicted octanol–water partition coefficient (Wildman–Crippen LogP) is 3.19. The van der Waals surface area contributed by atoms with Gasteiger partial charge in [-0.25, -0.2) is 4.98 Å². The lowest BCUT2D eigenvalue weighted by Crippen LogP contribution is -2.18. The van der Waals surface area contributed by atoms with Crippen LogP contribution < -0.4 is 4.74 Å². The fourth-order valence-corrected chi connectivity index (χ4v) is 2.58. The SMILES string of the molecule is O=C1c2cccn2-c2ncccc2O[C@@H]1c1ccccc1. The molecule has 0 aliphatic carbocycles. The zero-order valence-electron chi connectivity index (χ0n) is 11.1. The maximum Gasteiger partial charge on any atom is 0.224 e. The second kappa shape index (κ2) is 4.59. The molecule has 102 valence electrons. The van der Waals surface area contributed by atoms with Gasteiger partial charge in [0.05, 0.1) is 5.69 Å². The molecular formula is C17H12N2O2. The number of carbonyl (C=O) groups excluding carboxylic acids is 1. The number of carbonyl (C=O) groups is 1. The van der Waals surface area contributed by atoms with Crippen LogP contribution in [-0.2, 0) is 0 Å². The van der Waals surface area contributed by atoms with Gasteiger partial charge in [0.2, 0.25) is 5.78 Å². The molecule has 0 spiro atoms. The van der Waals surface area contributed by atoms with Crippen molar-refractivity contribution >= 4 is 5.78 Å². The summed E-state index contributed by atoms with van der Waals surface area (Å²) in [5.74, 6) is 1.18. The molecule has 0 radical (unpaired) electrons. The maximum atomic E-state index is 12.8. The molecule has 0 saturated carbocycles. The van der Waals surface area contributed by atoms with E-state index in [2.05, 4.69) is 4.98 Å². The standard InChI is InChI=1S/C17H12N2O2/c20-15-13-8-5-11-19(13)17-14(9-4-10-18-17)21-16(15)12-6-2-1-3-7-12/h1-11,16H/t16-/m1/s1. The summed E-state index contributed by atoms with van der Waals surface area (Å²) < 4.78 is 7.74. The summed E-state index contributed by atoms with van der Waals surface area (Å²) >= 11 is 0. The lowest BCUT2D eigenvalue weighted by Gasteiger charge is -2.15. The molecule has 0 saturated heterocycles. The van der Waals surface area contributed by atoms with Gasteiger partial charge in [0, 0.05) is 18.0 Å². The molecule has 1 aromatic carbocycles. The van der Waals surface area contributed by atoms with Crippen LogP contribution in [0.3, 0.4) is 0 Å². The van der Waals surface area contributed by atoms with Crippen molar-refractivity contribution in [2.24, 2.45) is 0 Å². The van der Waals surface area contributed by atoms with Crippen LogP contribution in [0.15, 0.2) is 67.0 Å². The minimum Gasteiger partial charge on any atom is -0.474 e. The van der Waals surface area contributed by atoms with Gasteiger partial charge in [-0.1, -0.05) is 30.3 Å².